The summed E-state index contributed by atoms with van der Waals surface area (Å²) in [7, 11) is 0. The fourth-order valence-corrected chi connectivity index (χ4v) is 16.7. The normalized spacial score (nSPS) is 15.3. The first-order valence-electron chi connectivity index (χ1n) is 37.4. The van der Waals surface area contributed by atoms with Gasteiger partial charge in [-0.3, -0.25) is 0 Å². The van der Waals surface area contributed by atoms with Gasteiger partial charge in [0.15, 0.2) is 0 Å². The van der Waals surface area contributed by atoms with Crippen LogP contribution in [0.2, 0.25) is 0 Å². The van der Waals surface area contributed by atoms with Gasteiger partial charge in [0.05, 0.1) is 24.0 Å². The molecule has 0 bridgehead atoms. The Hall–Kier alpha value is -12.3. The number of nitrogens with zero attached hydrogens (tertiary/aromatic N) is 2. The third kappa shape index (κ3) is 12.3. The van der Waals surface area contributed by atoms with E-state index in [1.54, 1.807) is 0 Å². The maximum atomic E-state index is 15.1. The van der Waals surface area contributed by atoms with Crippen molar-refractivity contribution in [3.05, 3.63) is 394 Å². The summed E-state index contributed by atoms with van der Waals surface area (Å²) < 4.78 is 67.1. The molecule has 14 aromatic carbocycles. The summed E-state index contributed by atoms with van der Waals surface area (Å²) in [5.74, 6) is 4.04. The van der Waals surface area contributed by atoms with Crippen molar-refractivity contribution < 1.29 is 37.2 Å². The smallest absolute Gasteiger partial charge is 0.127 e. The predicted octanol–water partition coefficient (Wildman–Crippen LogP) is 23.9. The maximum Gasteiger partial charge on any atom is 0.127 e. The molecule has 0 saturated heterocycles. The summed E-state index contributed by atoms with van der Waals surface area (Å²) in [5.41, 5.74) is 24.3. The molecule has 2 unspecified atom stereocenters. The molecule has 8 nitrogen and oxygen atoms in total. The lowest BCUT2D eigenvalue weighted by Crippen LogP contribution is -2.28. The number of rotatable bonds is 25. The van der Waals surface area contributed by atoms with Crippen LogP contribution in [0.1, 0.15) is 80.6 Å². The molecular weight excluding hydrogens is 1340 g/mol. The highest BCUT2D eigenvalue weighted by molar-refractivity contribution is 5.92. The number of fused-ring (bicyclic) bond motifs is 8. The van der Waals surface area contributed by atoms with Crippen molar-refractivity contribution in [3.63, 3.8) is 0 Å². The molecule has 0 N–H and O–H groups in total. The van der Waals surface area contributed by atoms with Crippen molar-refractivity contribution in [1.29, 1.82) is 0 Å². The molecule has 108 heavy (non-hydrogen) atoms. The SMILES string of the molecule is CCOCCOc1ccc(C2(c3ccc(Oc4ccc5c(c4)CC5)cc3)c3ccccc3-c3ccc(N(c4ccc(F)cc4)c4ccc(-c5ccc(N(c6ccc(F)cc6)c6ccc7c(c6)C(c6ccc(OCCOCC)cc6)(c6ccc(Oc8ccc9c(c8)CC9)cc6)c6ccccc6-7)cc5)cc4)cc32)cc1. The molecule has 10 heteroatoms. The van der Waals surface area contributed by atoms with E-state index in [1.165, 1.54) is 46.5 Å². The zero-order valence-electron chi connectivity index (χ0n) is 60.2. The lowest BCUT2D eigenvalue weighted by atomic mass is 9.67. The topological polar surface area (TPSA) is 61.9 Å². The molecule has 0 spiro atoms. The van der Waals surface area contributed by atoms with Crippen LogP contribution in [0, 0.1) is 11.6 Å². The zero-order valence-corrected chi connectivity index (χ0v) is 60.2. The quantitative estimate of drug-likeness (QED) is 0.0525. The van der Waals surface area contributed by atoms with Crippen molar-refractivity contribution in [2.24, 2.45) is 0 Å². The van der Waals surface area contributed by atoms with E-state index in [-0.39, 0.29) is 11.6 Å². The van der Waals surface area contributed by atoms with Gasteiger partial charge in [0.1, 0.15) is 59.3 Å². The number of benzene rings is 14. The average molecular weight is 1420 g/mol. The first kappa shape index (κ1) is 67.5. The van der Waals surface area contributed by atoms with Gasteiger partial charge in [0.2, 0.25) is 0 Å². The van der Waals surface area contributed by atoms with E-state index in [4.69, 9.17) is 28.4 Å². The largest absolute Gasteiger partial charge is 0.491 e. The van der Waals surface area contributed by atoms with Crippen molar-refractivity contribution >= 4 is 34.1 Å². The lowest BCUT2D eigenvalue weighted by Gasteiger charge is -2.35. The number of aryl methyl sites for hydroxylation is 4. The second-order valence-electron chi connectivity index (χ2n) is 28.0. The van der Waals surface area contributed by atoms with E-state index in [0.29, 0.717) is 39.6 Å². The lowest BCUT2D eigenvalue weighted by molar-refractivity contribution is 0.110. The van der Waals surface area contributed by atoms with Crippen molar-refractivity contribution in [1.82, 2.24) is 0 Å². The van der Waals surface area contributed by atoms with Gasteiger partial charge in [-0.15, -0.1) is 0 Å². The van der Waals surface area contributed by atoms with Gasteiger partial charge in [-0.1, -0.05) is 146 Å². The van der Waals surface area contributed by atoms with Gasteiger partial charge in [-0.2, -0.15) is 0 Å². The second kappa shape index (κ2) is 28.8. The molecule has 0 aromatic heterocycles. The Morgan fingerprint density at radius 1 is 0.278 bits per heavy atom. The van der Waals surface area contributed by atoms with Crippen LogP contribution < -0.4 is 28.7 Å². The highest BCUT2D eigenvalue weighted by Gasteiger charge is 2.48. The van der Waals surface area contributed by atoms with Gasteiger partial charge in [0.25, 0.3) is 0 Å². The molecule has 14 aromatic rings. The molecule has 4 aliphatic rings. The van der Waals surface area contributed by atoms with E-state index in [9.17, 15) is 0 Å². The summed E-state index contributed by atoms with van der Waals surface area (Å²) in [5, 5.41) is 0. The Labute approximate surface area is 629 Å². The van der Waals surface area contributed by atoms with Gasteiger partial charge in [-0.05, 0) is 310 Å². The third-order valence-electron chi connectivity index (χ3n) is 22.0. The minimum absolute atomic E-state index is 0.322. The molecule has 0 saturated carbocycles. The molecule has 0 heterocycles. The van der Waals surface area contributed by atoms with Gasteiger partial charge >= 0.3 is 0 Å². The zero-order chi connectivity index (χ0) is 72.7. The van der Waals surface area contributed by atoms with E-state index in [0.717, 1.165) is 172 Å². The van der Waals surface area contributed by atoms with Crippen LogP contribution in [0.3, 0.4) is 0 Å². The standard InChI is InChI=1S/C98H78F2N2O6/c1-3-103-57-59-105-83-47-23-71(24-48-83)97(73-27-51-85(52-28-73)107-87-45-21-67-13-15-69(67)61-87)93-11-7-5-9-89(93)91-55-43-81(63-95(91)97)101(79-39-31-75(99)32-40-79)77-35-17-65(18-36-77)66-19-37-78(38-20-66)102(80-41-33-76(100)34-42-80)82-44-56-92-90-10-6-8-12-94(90)98(96(92)64-82,72-25-49-84(50-26-72)106-60-58-104-4-2)74-29-53-86(54-30-74)108-88-46-22-68-14-16-70(68)62-88/h5-12,17-56,61-64H,3-4,13-16,57-60H2,1-2H3. The molecule has 18 rings (SSSR count). The molecule has 0 aliphatic heterocycles. The Kier molecular flexibility index (Phi) is 18.0. The number of hydrogen-bond acceptors (Lipinski definition) is 8. The molecule has 0 fully saturated rings. The molecule has 2 atom stereocenters. The first-order valence-corrected chi connectivity index (χ1v) is 37.4. The second-order valence-corrected chi connectivity index (χ2v) is 28.0. The van der Waals surface area contributed by atoms with E-state index in [1.807, 2.05) is 38.1 Å². The van der Waals surface area contributed by atoms with Gasteiger partial charge in [0, 0.05) is 47.3 Å². The summed E-state index contributed by atoms with van der Waals surface area (Å²) in [4.78, 5) is 4.41. The summed E-state index contributed by atoms with van der Waals surface area (Å²) >= 11 is 0. The molecule has 0 amide bonds. The summed E-state index contributed by atoms with van der Waals surface area (Å²) in [6.45, 7) is 7.09. The molecule has 4 aliphatic carbocycles. The van der Waals surface area contributed by atoms with E-state index < -0.39 is 10.8 Å². The third-order valence-corrected chi connectivity index (χ3v) is 22.0. The number of anilines is 6. The number of halogens is 2. The average Bonchev–Trinajstić information content (AvgIpc) is 1.54. The molecule has 0 radical (unpaired) electrons. The van der Waals surface area contributed by atoms with E-state index >= 15 is 8.78 Å². The van der Waals surface area contributed by atoms with Crippen LogP contribution in [-0.2, 0) is 46.0 Å². The Bertz CT molecular complexity index is 5270. The van der Waals surface area contributed by atoms with Crippen molar-refractivity contribution in [2.75, 3.05) is 49.4 Å². The Morgan fingerprint density at radius 3 is 0.935 bits per heavy atom. The van der Waals surface area contributed by atoms with Crippen LogP contribution in [0.4, 0.5) is 42.9 Å². The summed E-state index contributed by atoms with van der Waals surface area (Å²) in [6, 6.07) is 109. The highest BCUT2D eigenvalue weighted by Crippen LogP contribution is 2.60. The van der Waals surface area contributed by atoms with Crippen LogP contribution in [-0.4, -0.2) is 39.6 Å². The monoisotopic (exact) mass is 1420 g/mol. The van der Waals surface area contributed by atoms with Crippen LogP contribution in [0.25, 0.3) is 33.4 Å². The molecule has 530 valence electrons. The van der Waals surface area contributed by atoms with Crippen LogP contribution in [0.5, 0.6) is 34.5 Å². The fraction of sp³-hybridized carbons (Fsp3) is 0.143. The predicted molar refractivity (Wildman–Crippen MR) is 428 cm³/mol. The van der Waals surface area contributed by atoms with Gasteiger partial charge < -0.3 is 38.2 Å². The molecular formula is C98H78F2N2O6. The number of hydrogen-bond donors (Lipinski definition) is 0. The van der Waals surface area contributed by atoms with Crippen molar-refractivity contribution in [2.45, 2.75) is 50.4 Å². The van der Waals surface area contributed by atoms with Gasteiger partial charge in [-0.25, -0.2) is 8.78 Å². The minimum atomic E-state index is -0.798. The fourth-order valence-electron chi connectivity index (χ4n) is 16.7. The first-order chi connectivity index (χ1) is 53.2. The van der Waals surface area contributed by atoms with Crippen LogP contribution in [0.15, 0.2) is 315 Å². The maximum absolute atomic E-state index is 15.1. The van der Waals surface area contributed by atoms with Crippen molar-refractivity contribution in [3.8, 4) is 67.9 Å². The minimum Gasteiger partial charge on any atom is -0.491 e. The Balaban J connectivity index is 0.703. The van der Waals surface area contributed by atoms with Crippen LogP contribution >= 0.6 is 0 Å². The highest BCUT2D eigenvalue weighted by atomic mass is 19.1. The number of ether oxygens (including phenoxy) is 6. The Morgan fingerprint density at radius 2 is 0.593 bits per heavy atom. The van der Waals surface area contributed by atoms with E-state index in [2.05, 4.69) is 277 Å². The summed E-state index contributed by atoms with van der Waals surface area (Å²) in [6.07, 6.45) is 4.36.